The van der Waals surface area contributed by atoms with E-state index in [2.05, 4.69) is 42.2 Å². The minimum absolute atomic E-state index is 0.386. The van der Waals surface area contributed by atoms with Crippen LogP contribution in [0.15, 0.2) is 11.8 Å². The quantitative estimate of drug-likeness (QED) is 0.788. The molecule has 0 aromatic heterocycles. The molecule has 0 aromatic carbocycles. The molecule has 0 aromatic rings. The van der Waals surface area contributed by atoms with E-state index in [1.54, 1.807) is 0 Å². The topological polar surface area (TPSA) is 27.7 Å². The fraction of sp³-hybridized carbons (Fsp3) is 0.857. The van der Waals surface area contributed by atoms with Crippen LogP contribution in [0.4, 0.5) is 0 Å². The first-order valence-corrected chi connectivity index (χ1v) is 7.15. The van der Waals surface area contributed by atoms with Crippen LogP contribution in [0.25, 0.3) is 0 Å². The zero-order chi connectivity index (χ0) is 13.0. The van der Waals surface area contributed by atoms with Gasteiger partial charge in [-0.2, -0.15) is 0 Å². The van der Waals surface area contributed by atoms with Crippen molar-refractivity contribution in [2.24, 2.45) is 0 Å². The van der Waals surface area contributed by atoms with E-state index in [1.807, 2.05) is 0 Å². The highest BCUT2D eigenvalue weighted by molar-refractivity contribution is 5.08. The Morgan fingerprint density at radius 3 is 2.94 bits per heavy atom. The molecule has 0 aliphatic carbocycles. The van der Waals surface area contributed by atoms with Crippen LogP contribution in [0.2, 0.25) is 0 Å². The second kappa shape index (κ2) is 6.55. The molecule has 2 heterocycles. The van der Waals surface area contributed by atoms with Crippen molar-refractivity contribution in [2.75, 3.05) is 46.9 Å². The highest BCUT2D eigenvalue weighted by Crippen LogP contribution is 2.20. The maximum atomic E-state index is 5.74. The van der Waals surface area contributed by atoms with Gasteiger partial charge in [0.25, 0.3) is 0 Å². The van der Waals surface area contributed by atoms with Crippen LogP contribution in [-0.2, 0) is 4.74 Å². The minimum atomic E-state index is 0.386. The van der Waals surface area contributed by atoms with Gasteiger partial charge in [-0.25, -0.2) is 0 Å². The Balaban J connectivity index is 1.94. The van der Waals surface area contributed by atoms with Gasteiger partial charge in [0.15, 0.2) is 0 Å². The summed E-state index contributed by atoms with van der Waals surface area (Å²) in [5.41, 5.74) is 0. The van der Waals surface area contributed by atoms with Crippen molar-refractivity contribution in [3.8, 4) is 0 Å². The molecule has 0 amide bonds. The third-order valence-electron chi connectivity index (χ3n) is 4.01. The lowest BCUT2D eigenvalue weighted by molar-refractivity contribution is 0.0967. The lowest BCUT2D eigenvalue weighted by Crippen LogP contribution is -2.52. The van der Waals surface area contributed by atoms with Crippen LogP contribution in [0.3, 0.4) is 0 Å². The van der Waals surface area contributed by atoms with Crippen molar-refractivity contribution in [3.63, 3.8) is 0 Å². The summed E-state index contributed by atoms with van der Waals surface area (Å²) in [5.74, 6) is 1.17. The summed E-state index contributed by atoms with van der Waals surface area (Å²) < 4.78 is 5.74. The molecule has 4 nitrogen and oxygen atoms in total. The predicted molar refractivity (Wildman–Crippen MR) is 74.6 cm³/mol. The molecule has 0 spiro atoms. The smallest absolute Gasteiger partial charge is 0.109 e. The molecule has 2 aliphatic rings. The number of ether oxygens (including phenoxy) is 1. The Kier molecular flexibility index (Phi) is 5.03. The number of nitrogens with zero attached hydrogens (tertiary/aromatic N) is 2. The van der Waals surface area contributed by atoms with Gasteiger partial charge in [0.1, 0.15) is 5.76 Å². The fourth-order valence-electron chi connectivity index (χ4n) is 2.85. The standard InChI is InChI=1S/C14H27N3O/c1-4-15-13(14-6-5-9-18-14)10-12-11-16(2)7-8-17(12)3/h6,12-13,15H,4-5,7-11H2,1-3H3. The van der Waals surface area contributed by atoms with E-state index in [-0.39, 0.29) is 0 Å². The molecule has 18 heavy (non-hydrogen) atoms. The van der Waals surface area contributed by atoms with Crippen molar-refractivity contribution >= 4 is 0 Å². The molecule has 1 saturated heterocycles. The van der Waals surface area contributed by atoms with Gasteiger partial charge in [0, 0.05) is 32.1 Å². The lowest BCUT2D eigenvalue weighted by atomic mass is 10.0. The summed E-state index contributed by atoms with van der Waals surface area (Å²) in [7, 11) is 4.46. The molecule has 2 aliphatic heterocycles. The molecule has 4 heteroatoms. The Hall–Kier alpha value is -0.580. The molecule has 1 N–H and O–H groups in total. The molecular formula is C14H27N3O. The van der Waals surface area contributed by atoms with Gasteiger partial charge < -0.3 is 19.9 Å². The highest BCUT2D eigenvalue weighted by atomic mass is 16.5. The van der Waals surface area contributed by atoms with E-state index in [0.717, 1.165) is 32.5 Å². The number of piperazine rings is 1. The molecule has 0 bridgehead atoms. The molecule has 0 saturated carbocycles. The van der Waals surface area contributed by atoms with Gasteiger partial charge in [0.05, 0.1) is 12.6 Å². The normalized spacial score (nSPS) is 27.9. The van der Waals surface area contributed by atoms with Gasteiger partial charge in [-0.3, -0.25) is 0 Å². The Morgan fingerprint density at radius 1 is 1.44 bits per heavy atom. The second-order valence-corrected chi connectivity index (χ2v) is 5.49. The maximum Gasteiger partial charge on any atom is 0.109 e. The first kappa shape index (κ1) is 13.8. The lowest BCUT2D eigenvalue weighted by Gasteiger charge is -2.39. The van der Waals surface area contributed by atoms with E-state index >= 15 is 0 Å². The van der Waals surface area contributed by atoms with Crippen molar-refractivity contribution in [1.29, 1.82) is 0 Å². The molecule has 0 radical (unpaired) electrons. The molecule has 1 fully saturated rings. The minimum Gasteiger partial charge on any atom is -0.496 e. The van der Waals surface area contributed by atoms with E-state index in [4.69, 9.17) is 4.74 Å². The first-order chi connectivity index (χ1) is 8.70. The summed E-state index contributed by atoms with van der Waals surface area (Å²) in [4.78, 5) is 4.91. The SMILES string of the molecule is CCNC(CC1CN(C)CCN1C)C1=CCCO1. The summed E-state index contributed by atoms with van der Waals surface area (Å²) in [6, 6.07) is 1.01. The summed E-state index contributed by atoms with van der Waals surface area (Å²) >= 11 is 0. The van der Waals surface area contributed by atoms with Crippen molar-refractivity contribution < 1.29 is 4.74 Å². The first-order valence-electron chi connectivity index (χ1n) is 7.15. The zero-order valence-electron chi connectivity index (χ0n) is 12.0. The third-order valence-corrected chi connectivity index (χ3v) is 4.01. The Morgan fingerprint density at radius 2 is 2.28 bits per heavy atom. The Bertz CT molecular complexity index is 293. The van der Waals surface area contributed by atoms with E-state index in [0.29, 0.717) is 12.1 Å². The van der Waals surface area contributed by atoms with Crippen LogP contribution in [0, 0.1) is 0 Å². The van der Waals surface area contributed by atoms with E-state index < -0.39 is 0 Å². The van der Waals surface area contributed by atoms with Crippen molar-refractivity contribution in [1.82, 2.24) is 15.1 Å². The molecule has 104 valence electrons. The van der Waals surface area contributed by atoms with Crippen LogP contribution in [-0.4, -0.2) is 68.8 Å². The number of rotatable bonds is 5. The molecular weight excluding hydrogens is 226 g/mol. The zero-order valence-corrected chi connectivity index (χ0v) is 12.0. The van der Waals surface area contributed by atoms with Gasteiger partial charge in [-0.05, 0) is 33.1 Å². The van der Waals surface area contributed by atoms with E-state index in [1.165, 1.54) is 18.8 Å². The van der Waals surface area contributed by atoms with Crippen molar-refractivity contribution in [3.05, 3.63) is 11.8 Å². The predicted octanol–water partition coefficient (Wildman–Crippen LogP) is 0.905. The molecule has 2 unspecified atom stereocenters. The van der Waals surface area contributed by atoms with Gasteiger partial charge in [-0.1, -0.05) is 6.92 Å². The van der Waals surface area contributed by atoms with Gasteiger partial charge in [0.2, 0.25) is 0 Å². The summed E-state index contributed by atoms with van der Waals surface area (Å²) in [6.07, 6.45) is 4.46. The number of hydrogen-bond donors (Lipinski definition) is 1. The number of hydrogen-bond acceptors (Lipinski definition) is 4. The van der Waals surface area contributed by atoms with E-state index in [9.17, 15) is 0 Å². The average molecular weight is 253 g/mol. The fourth-order valence-corrected chi connectivity index (χ4v) is 2.85. The largest absolute Gasteiger partial charge is 0.496 e. The van der Waals surface area contributed by atoms with Crippen LogP contribution in [0.1, 0.15) is 19.8 Å². The van der Waals surface area contributed by atoms with Gasteiger partial charge >= 0.3 is 0 Å². The van der Waals surface area contributed by atoms with Gasteiger partial charge in [-0.15, -0.1) is 0 Å². The van der Waals surface area contributed by atoms with Crippen molar-refractivity contribution in [2.45, 2.75) is 31.8 Å². The second-order valence-electron chi connectivity index (χ2n) is 5.49. The summed E-state index contributed by atoms with van der Waals surface area (Å²) in [5, 5.41) is 3.57. The average Bonchev–Trinajstić information content (AvgIpc) is 2.87. The summed E-state index contributed by atoms with van der Waals surface area (Å²) in [6.45, 7) is 7.53. The molecule has 2 atom stereocenters. The Labute approximate surface area is 111 Å². The number of nitrogens with one attached hydrogen (secondary N) is 1. The van der Waals surface area contributed by atoms with Crippen LogP contribution < -0.4 is 5.32 Å². The third kappa shape index (κ3) is 3.46. The maximum absolute atomic E-state index is 5.74. The molecule has 2 rings (SSSR count). The monoisotopic (exact) mass is 253 g/mol. The van der Waals surface area contributed by atoms with Crippen LogP contribution >= 0.6 is 0 Å². The highest BCUT2D eigenvalue weighted by Gasteiger charge is 2.27. The number of likely N-dealkylation sites (N-methyl/N-ethyl adjacent to an activating group) is 3. The van der Waals surface area contributed by atoms with Crippen LogP contribution in [0.5, 0.6) is 0 Å².